The number of hydrogen-bond donors (Lipinski definition) is 3. The topological polar surface area (TPSA) is 134 Å². The molecule has 1 saturated heterocycles. The summed E-state index contributed by atoms with van der Waals surface area (Å²) in [7, 11) is 5.03. The molecule has 0 spiro atoms. The lowest BCUT2D eigenvalue weighted by molar-refractivity contribution is -0.153. The van der Waals surface area contributed by atoms with Gasteiger partial charge in [-0.15, -0.1) is 0 Å². The molecule has 4 N–H and O–H groups in total. The molecule has 0 saturated carbocycles. The second kappa shape index (κ2) is 19.5. The molecule has 1 aromatic carbocycles. The molecule has 10 nitrogen and oxygen atoms in total. The van der Waals surface area contributed by atoms with Gasteiger partial charge < -0.3 is 30.9 Å². The second-order valence-electron chi connectivity index (χ2n) is 14.0. The van der Waals surface area contributed by atoms with Crippen molar-refractivity contribution in [2.75, 3.05) is 40.6 Å². The van der Waals surface area contributed by atoms with Crippen LogP contribution >= 0.6 is 11.8 Å². The van der Waals surface area contributed by atoms with E-state index in [1.54, 1.807) is 37.9 Å². The lowest BCUT2D eigenvalue weighted by Gasteiger charge is -2.46. The number of primary amides is 1. The van der Waals surface area contributed by atoms with Crippen LogP contribution in [0, 0.1) is 23.7 Å². The number of carbonyl (C=O) groups is 4. The molecule has 1 fully saturated rings. The van der Waals surface area contributed by atoms with Gasteiger partial charge in [-0.25, -0.2) is 0 Å². The third kappa shape index (κ3) is 9.97. The average molecular weight is 690 g/mol. The summed E-state index contributed by atoms with van der Waals surface area (Å²) in [6.45, 7) is 13.0. The second-order valence-corrected chi connectivity index (χ2v) is 15.1. The van der Waals surface area contributed by atoms with Gasteiger partial charge in [0.1, 0.15) is 5.54 Å². The van der Waals surface area contributed by atoms with Gasteiger partial charge in [-0.2, -0.15) is 11.8 Å². The highest BCUT2D eigenvalue weighted by Gasteiger charge is 2.52. The molecule has 48 heavy (non-hydrogen) atoms. The van der Waals surface area contributed by atoms with E-state index in [1.807, 2.05) is 57.0 Å². The largest absolute Gasteiger partial charge is 0.379 e. The zero-order valence-electron chi connectivity index (χ0n) is 31.1. The Morgan fingerprint density at radius 3 is 2.25 bits per heavy atom. The van der Waals surface area contributed by atoms with Gasteiger partial charge in [-0.05, 0) is 55.9 Å². The van der Waals surface area contributed by atoms with E-state index in [-0.39, 0.29) is 53.2 Å². The highest BCUT2D eigenvalue weighted by atomic mass is 32.2. The van der Waals surface area contributed by atoms with Gasteiger partial charge in [-0.3, -0.25) is 19.2 Å². The number of amides is 4. The van der Waals surface area contributed by atoms with E-state index < -0.39 is 29.5 Å². The maximum atomic E-state index is 14.4. The Balaban J connectivity index is 2.24. The third-order valence-electron chi connectivity index (χ3n) is 10.6. The molecule has 0 aliphatic carbocycles. The van der Waals surface area contributed by atoms with Gasteiger partial charge in [0, 0.05) is 45.0 Å². The van der Waals surface area contributed by atoms with Crippen molar-refractivity contribution < 1.29 is 23.9 Å². The van der Waals surface area contributed by atoms with Gasteiger partial charge in [0.15, 0.2) is 0 Å². The fourth-order valence-corrected chi connectivity index (χ4v) is 8.63. The van der Waals surface area contributed by atoms with E-state index >= 15 is 0 Å². The number of hydrogen-bond acceptors (Lipinski definition) is 7. The van der Waals surface area contributed by atoms with Crippen LogP contribution < -0.4 is 16.4 Å². The van der Waals surface area contributed by atoms with Crippen molar-refractivity contribution in [3.63, 3.8) is 0 Å². The smallest absolute Gasteiger partial charge is 0.238 e. The normalized spacial score (nSPS) is 19.3. The molecule has 0 bridgehead atoms. The van der Waals surface area contributed by atoms with Crippen LogP contribution in [-0.2, 0) is 30.3 Å². The van der Waals surface area contributed by atoms with Crippen molar-refractivity contribution in [1.82, 2.24) is 20.4 Å². The molecule has 272 valence electrons. The number of methoxy groups -OCH3 is 1. The van der Waals surface area contributed by atoms with E-state index in [1.165, 1.54) is 5.56 Å². The summed E-state index contributed by atoms with van der Waals surface area (Å²) in [6, 6.07) is 9.60. The van der Waals surface area contributed by atoms with Crippen molar-refractivity contribution in [1.29, 1.82) is 0 Å². The molecule has 0 aromatic heterocycles. The zero-order chi connectivity index (χ0) is 36.2. The van der Waals surface area contributed by atoms with Crippen molar-refractivity contribution in [3.8, 4) is 0 Å². The van der Waals surface area contributed by atoms with E-state index in [0.29, 0.717) is 19.5 Å². The van der Waals surface area contributed by atoms with Crippen molar-refractivity contribution in [3.05, 3.63) is 35.9 Å². The first kappa shape index (κ1) is 41.5. The number of likely N-dealkylation sites (N-methyl/N-ethyl adjacent to an activating group) is 2. The number of rotatable bonds is 20. The van der Waals surface area contributed by atoms with Gasteiger partial charge in [0.05, 0.1) is 24.5 Å². The van der Waals surface area contributed by atoms with Gasteiger partial charge >= 0.3 is 0 Å². The van der Waals surface area contributed by atoms with Crippen LogP contribution in [0.2, 0.25) is 0 Å². The van der Waals surface area contributed by atoms with Crippen LogP contribution in [0.3, 0.4) is 0 Å². The Morgan fingerprint density at radius 1 is 1.10 bits per heavy atom. The highest BCUT2D eigenvalue weighted by molar-refractivity contribution is 7.99. The van der Waals surface area contributed by atoms with Crippen LogP contribution in [0.25, 0.3) is 0 Å². The maximum Gasteiger partial charge on any atom is 0.238 e. The van der Waals surface area contributed by atoms with Crippen molar-refractivity contribution in [2.24, 2.45) is 29.4 Å². The first-order chi connectivity index (χ1) is 22.7. The predicted octanol–water partition coefficient (Wildman–Crippen LogP) is 4.11. The number of nitrogens with one attached hydrogen (secondary N) is 2. The van der Waals surface area contributed by atoms with Gasteiger partial charge in [0.2, 0.25) is 23.6 Å². The fraction of sp³-hybridized carbons (Fsp3) is 0.730. The Bertz CT molecular complexity index is 1180. The van der Waals surface area contributed by atoms with E-state index in [0.717, 1.165) is 25.7 Å². The molecule has 1 aliphatic heterocycles. The molecule has 0 radical (unpaired) electrons. The summed E-state index contributed by atoms with van der Waals surface area (Å²) >= 11 is 1.63. The Kier molecular flexibility index (Phi) is 16.9. The number of carbonyl (C=O) groups excluding carboxylic acids is 4. The lowest BCUT2D eigenvalue weighted by atomic mass is 9.69. The maximum absolute atomic E-state index is 14.4. The summed E-state index contributed by atoms with van der Waals surface area (Å²) in [4.78, 5) is 58.1. The SMILES string of the molecule is CCC(C)C(C(CC(=O)N1CCCC1C(CC(=O)NCCc1ccccc1)SC)OC)N(C)C(=O)C(C(C)C)C(NC)(C(N)=O)C(C)C. The van der Waals surface area contributed by atoms with Crippen LogP contribution in [0.1, 0.15) is 79.2 Å². The van der Waals surface area contributed by atoms with Crippen LogP contribution in [0.5, 0.6) is 0 Å². The molecule has 4 amide bonds. The third-order valence-corrected chi connectivity index (χ3v) is 11.6. The first-order valence-corrected chi connectivity index (χ1v) is 18.9. The molecule has 11 heteroatoms. The molecular formula is C37H63N5O5S. The number of nitrogens with zero attached hydrogens (tertiary/aromatic N) is 2. The van der Waals surface area contributed by atoms with Crippen molar-refractivity contribution >= 4 is 35.4 Å². The van der Waals surface area contributed by atoms with Gasteiger partial charge in [-0.1, -0.05) is 78.3 Å². The minimum Gasteiger partial charge on any atom is -0.379 e. The van der Waals surface area contributed by atoms with Crippen LogP contribution in [0.15, 0.2) is 30.3 Å². The number of nitrogens with two attached hydrogens (primary N) is 1. The Labute approximate surface area is 294 Å². The Hall–Kier alpha value is -2.63. The Morgan fingerprint density at radius 2 is 1.75 bits per heavy atom. The van der Waals surface area contributed by atoms with Crippen LogP contribution in [-0.4, -0.2) is 103 Å². The van der Waals surface area contributed by atoms with E-state index in [4.69, 9.17) is 10.5 Å². The quantitative estimate of drug-likeness (QED) is 0.188. The summed E-state index contributed by atoms with van der Waals surface area (Å²) < 4.78 is 6.03. The summed E-state index contributed by atoms with van der Waals surface area (Å²) in [5.74, 6) is -1.96. The number of likely N-dealkylation sites (tertiary alicyclic amines) is 1. The van der Waals surface area contributed by atoms with Gasteiger partial charge in [0.25, 0.3) is 0 Å². The van der Waals surface area contributed by atoms with E-state index in [2.05, 4.69) is 36.6 Å². The van der Waals surface area contributed by atoms with Crippen LogP contribution in [0.4, 0.5) is 0 Å². The van der Waals surface area contributed by atoms with E-state index in [9.17, 15) is 19.2 Å². The van der Waals surface area contributed by atoms with Crippen molar-refractivity contribution in [2.45, 2.75) is 109 Å². The minimum absolute atomic E-state index is 0.00831. The molecule has 7 atom stereocenters. The highest BCUT2D eigenvalue weighted by Crippen LogP contribution is 2.36. The molecular weight excluding hydrogens is 627 g/mol. The average Bonchev–Trinajstić information content (AvgIpc) is 3.55. The summed E-state index contributed by atoms with van der Waals surface area (Å²) in [5, 5.41) is 6.16. The minimum atomic E-state index is -1.25. The summed E-state index contributed by atoms with van der Waals surface area (Å²) in [6.07, 6.45) is 5.12. The first-order valence-electron chi connectivity index (χ1n) is 17.6. The monoisotopic (exact) mass is 689 g/mol. The summed E-state index contributed by atoms with van der Waals surface area (Å²) in [5.41, 5.74) is 5.93. The predicted molar refractivity (Wildman–Crippen MR) is 195 cm³/mol. The molecule has 1 aliphatic rings. The standard InChI is InChI=1S/C37H63N5O5S/c1-11-26(6)34(41(8)35(45)33(24(2)3)37(39-7,25(4)5)36(38)46)29(47-9)22-32(44)42-21-15-18-28(42)30(48-10)23-31(43)40-20-19-27-16-13-12-14-17-27/h12-14,16-17,24-26,28-30,33-34,39H,11,15,18-23H2,1-10H3,(H2,38,46)(H,40,43). The molecule has 1 heterocycles. The molecule has 2 rings (SSSR count). The lowest BCUT2D eigenvalue weighted by Crippen LogP contribution is -2.68. The molecule has 7 unspecified atom stereocenters. The molecule has 1 aromatic rings. The number of thioether (sulfide) groups is 1. The fourth-order valence-electron chi connectivity index (χ4n) is 7.72. The zero-order valence-corrected chi connectivity index (χ0v) is 31.9. The number of ether oxygens (including phenoxy) is 1. The number of benzene rings is 1.